The van der Waals surface area contributed by atoms with E-state index in [4.69, 9.17) is 9.47 Å². The summed E-state index contributed by atoms with van der Waals surface area (Å²) in [5.74, 6) is 0.506. The van der Waals surface area contributed by atoms with Gasteiger partial charge in [-0.25, -0.2) is 0 Å². The summed E-state index contributed by atoms with van der Waals surface area (Å²) < 4.78 is 11.2. The molecule has 0 saturated carbocycles. The zero-order chi connectivity index (χ0) is 18.3. The van der Waals surface area contributed by atoms with Crippen LogP contribution in [0.4, 0.5) is 0 Å². The highest BCUT2D eigenvalue weighted by Crippen LogP contribution is 2.49. The van der Waals surface area contributed by atoms with Gasteiger partial charge in [-0.05, 0) is 19.1 Å². The topological polar surface area (TPSA) is 76.0 Å². The molecule has 0 aromatic heterocycles. The molecular weight excluding hydrogens is 320 g/mol. The molecule has 0 aliphatic heterocycles. The Morgan fingerprint density at radius 3 is 2.48 bits per heavy atom. The van der Waals surface area contributed by atoms with E-state index in [1.54, 1.807) is 12.1 Å². The van der Waals surface area contributed by atoms with Crippen molar-refractivity contribution in [2.24, 2.45) is 5.92 Å². The number of aromatic hydroxyl groups is 2. The molecule has 5 heteroatoms. The van der Waals surface area contributed by atoms with Crippen LogP contribution in [-0.4, -0.2) is 29.7 Å². The van der Waals surface area contributed by atoms with Gasteiger partial charge in [-0.2, -0.15) is 0 Å². The lowest BCUT2D eigenvalue weighted by molar-refractivity contribution is 0.104. The molecule has 2 aromatic carbocycles. The van der Waals surface area contributed by atoms with E-state index < -0.39 is 0 Å². The Bertz CT molecular complexity index is 882. The molecule has 0 radical (unpaired) electrons. The zero-order valence-corrected chi connectivity index (χ0v) is 14.4. The van der Waals surface area contributed by atoms with E-state index in [0.29, 0.717) is 34.8 Å². The third-order valence-electron chi connectivity index (χ3n) is 4.48. The van der Waals surface area contributed by atoms with Gasteiger partial charge >= 0.3 is 0 Å². The molecule has 0 fully saturated rings. The molecule has 3 rings (SSSR count). The highest BCUT2D eigenvalue weighted by atomic mass is 16.5. The molecule has 1 aliphatic carbocycles. The number of carbonyl (C=O) groups excluding carboxylic acids is 1. The molecule has 5 nitrogen and oxygen atoms in total. The monoisotopic (exact) mass is 340 g/mol. The van der Waals surface area contributed by atoms with Crippen LogP contribution in [0.5, 0.6) is 23.0 Å². The number of carbonyl (C=O) groups is 1. The first-order valence-corrected chi connectivity index (χ1v) is 7.94. The first kappa shape index (κ1) is 16.9. The van der Waals surface area contributed by atoms with Crippen LogP contribution in [0.15, 0.2) is 36.4 Å². The summed E-state index contributed by atoms with van der Waals surface area (Å²) in [7, 11) is 1.50. The zero-order valence-electron chi connectivity index (χ0n) is 14.4. The number of phenolic OH excluding ortho intramolecular Hbond substituents is 2. The molecular formula is C20H20O5. The van der Waals surface area contributed by atoms with Gasteiger partial charge < -0.3 is 19.7 Å². The molecule has 2 aromatic rings. The second-order valence-corrected chi connectivity index (χ2v) is 6.32. The molecule has 1 aliphatic rings. The van der Waals surface area contributed by atoms with E-state index in [1.807, 2.05) is 13.8 Å². The first-order chi connectivity index (χ1) is 11.8. The molecule has 2 N–H and O–H groups in total. The van der Waals surface area contributed by atoms with Crippen molar-refractivity contribution in [2.45, 2.75) is 13.8 Å². The van der Waals surface area contributed by atoms with Crippen molar-refractivity contribution in [2.75, 3.05) is 13.7 Å². The van der Waals surface area contributed by atoms with Gasteiger partial charge in [0.15, 0.2) is 5.78 Å². The minimum absolute atomic E-state index is 0.162. The quantitative estimate of drug-likeness (QED) is 0.689. The van der Waals surface area contributed by atoms with Gasteiger partial charge in [0.1, 0.15) is 23.0 Å². The third-order valence-corrected chi connectivity index (χ3v) is 4.48. The first-order valence-electron chi connectivity index (χ1n) is 7.94. The van der Waals surface area contributed by atoms with E-state index in [-0.39, 0.29) is 28.8 Å². The number of fused-ring (bicyclic) bond motifs is 3. The summed E-state index contributed by atoms with van der Waals surface area (Å²) in [6, 6.07) is 5.89. The number of ketones is 1. The highest BCUT2D eigenvalue weighted by Gasteiger charge is 2.33. The predicted molar refractivity (Wildman–Crippen MR) is 94.7 cm³/mol. The van der Waals surface area contributed by atoms with Gasteiger partial charge in [0.2, 0.25) is 0 Å². The molecule has 0 unspecified atom stereocenters. The maximum atomic E-state index is 12.7. The van der Waals surface area contributed by atoms with Crippen LogP contribution < -0.4 is 9.47 Å². The van der Waals surface area contributed by atoms with E-state index in [2.05, 4.69) is 6.58 Å². The number of methoxy groups -OCH3 is 1. The number of benzene rings is 2. The van der Waals surface area contributed by atoms with Crippen molar-refractivity contribution in [1.29, 1.82) is 0 Å². The van der Waals surface area contributed by atoms with Crippen LogP contribution in [0.2, 0.25) is 0 Å². The van der Waals surface area contributed by atoms with Gasteiger partial charge in [-0.3, -0.25) is 4.79 Å². The highest BCUT2D eigenvalue weighted by molar-refractivity contribution is 6.24. The molecule has 1 atom stereocenters. The molecule has 0 heterocycles. The van der Waals surface area contributed by atoms with Crippen molar-refractivity contribution in [3.05, 3.63) is 47.5 Å². The lowest BCUT2D eigenvalue weighted by atomic mass is 10.0. The number of rotatable bonds is 5. The average molecular weight is 340 g/mol. The second-order valence-electron chi connectivity index (χ2n) is 6.32. The Hall–Kier alpha value is -2.95. The van der Waals surface area contributed by atoms with Gasteiger partial charge in [0.05, 0.1) is 13.7 Å². The van der Waals surface area contributed by atoms with Crippen molar-refractivity contribution in [3.8, 4) is 34.1 Å². The number of phenols is 2. The normalized spacial score (nSPS) is 13.2. The number of ether oxygens (including phenoxy) is 2. The Balaban J connectivity index is 2.07. The fraction of sp³-hybridized carbons (Fsp3) is 0.250. The Kier molecular flexibility index (Phi) is 4.17. The third kappa shape index (κ3) is 2.82. The molecule has 0 amide bonds. The van der Waals surface area contributed by atoms with Crippen molar-refractivity contribution >= 4 is 5.78 Å². The molecule has 0 bridgehead atoms. The standard InChI is InChI=1S/C20H20O5/c1-10(2)11(3)9-25-13-7-15-19(17(8-13)24-4)18-14(20(15)23)5-12(21)6-16(18)22/h5-8,11,21-22H,1,9H2,2-4H3/t11-/m1/s1. The fourth-order valence-electron chi connectivity index (χ4n) is 2.83. The predicted octanol–water partition coefficient (Wildman–Crippen LogP) is 3.91. The van der Waals surface area contributed by atoms with Gasteiger partial charge in [-0.15, -0.1) is 0 Å². The van der Waals surface area contributed by atoms with Crippen LogP contribution in [0.1, 0.15) is 29.8 Å². The van der Waals surface area contributed by atoms with Crippen LogP contribution in [0.25, 0.3) is 11.1 Å². The van der Waals surface area contributed by atoms with E-state index in [0.717, 1.165) is 5.57 Å². The summed E-state index contributed by atoms with van der Waals surface area (Å²) in [6.07, 6.45) is 0. The smallest absolute Gasteiger partial charge is 0.194 e. The SMILES string of the molecule is C=C(C)[C@H](C)COc1cc(OC)c2c(c1)C(=O)c1cc(O)cc(O)c1-2. The number of hydrogen-bond acceptors (Lipinski definition) is 5. The summed E-state index contributed by atoms with van der Waals surface area (Å²) in [5.41, 5.74) is 2.53. The van der Waals surface area contributed by atoms with Crippen LogP contribution in [-0.2, 0) is 0 Å². The van der Waals surface area contributed by atoms with Gasteiger partial charge in [-0.1, -0.05) is 19.1 Å². The van der Waals surface area contributed by atoms with E-state index in [9.17, 15) is 15.0 Å². The Morgan fingerprint density at radius 2 is 1.84 bits per heavy atom. The minimum atomic E-state index is -0.284. The lowest BCUT2D eigenvalue weighted by Gasteiger charge is -2.15. The average Bonchev–Trinajstić information content (AvgIpc) is 2.85. The summed E-state index contributed by atoms with van der Waals surface area (Å²) >= 11 is 0. The minimum Gasteiger partial charge on any atom is -0.508 e. The largest absolute Gasteiger partial charge is 0.508 e. The van der Waals surface area contributed by atoms with Crippen LogP contribution >= 0.6 is 0 Å². The number of hydrogen-bond donors (Lipinski definition) is 2. The van der Waals surface area contributed by atoms with Crippen molar-refractivity contribution in [1.82, 2.24) is 0 Å². The van der Waals surface area contributed by atoms with E-state index >= 15 is 0 Å². The molecule has 0 spiro atoms. The summed E-state index contributed by atoms with van der Waals surface area (Å²) in [6.45, 7) is 8.29. The van der Waals surface area contributed by atoms with Crippen LogP contribution in [0, 0.1) is 5.92 Å². The van der Waals surface area contributed by atoms with Crippen molar-refractivity contribution < 1.29 is 24.5 Å². The fourth-order valence-corrected chi connectivity index (χ4v) is 2.83. The molecule has 130 valence electrons. The van der Waals surface area contributed by atoms with E-state index in [1.165, 1.54) is 19.2 Å². The summed E-state index contributed by atoms with van der Waals surface area (Å²) in [4.78, 5) is 12.7. The van der Waals surface area contributed by atoms with Gasteiger partial charge in [0.25, 0.3) is 0 Å². The Labute approximate surface area is 146 Å². The molecule has 25 heavy (non-hydrogen) atoms. The van der Waals surface area contributed by atoms with Crippen molar-refractivity contribution in [3.63, 3.8) is 0 Å². The molecule has 0 saturated heterocycles. The lowest BCUT2D eigenvalue weighted by Crippen LogP contribution is -2.09. The maximum absolute atomic E-state index is 12.7. The second kappa shape index (κ2) is 6.16. The van der Waals surface area contributed by atoms with Gasteiger partial charge in [0, 0.05) is 40.3 Å². The maximum Gasteiger partial charge on any atom is 0.194 e. The Morgan fingerprint density at radius 1 is 1.16 bits per heavy atom. The van der Waals surface area contributed by atoms with Crippen LogP contribution in [0.3, 0.4) is 0 Å². The summed E-state index contributed by atoms with van der Waals surface area (Å²) in [5, 5.41) is 19.9.